The number of halogens is 4. The van der Waals surface area contributed by atoms with E-state index in [0.717, 1.165) is 18.2 Å². The van der Waals surface area contributed by atoms with Crippen LogP contribution in [0.5, 0.6) is 0 Å². The van der Waals surface area contributed by atoms with Crippen LogP contribution in [0.25, 0.3) is 0 Å². The highest BCUT2D eigenvalue weighted by Crippen LogP contribution is 2.23. The molecule has 0 atom stereocenters. The van der Waals surface area contributed by atoms with E-state index < -0.39 is 34.9 Å². The molecule has 3 N–H and O–H groups in total. The van der Waals surface area contributed by atoms with E-state index in [2.05, 4.69) is 15.9 Å². The Labute approximate surface area is 111 Å². The fourth-order valence-corrected chi connectivity index (χ4v) is 3.15. The van der Waals surface area contributed by atoms with Gasteiger partial charge in [0.1, 0.15) is 5.82 Å². The fourth-order valence-electron chi connectivity index (χ4n) is 1.04. The van der Waals surface area contributed by atoms with E-state index in [9.17, 15) is 21.6 Å². The number of nitrogens with one attached hydrogen (secondary N) is 1. The number of nitrogens with two attached hydrogens (primary N) is 1. The van der Waals surface area contributed by atoms with Gasteiger partial charge in [0.25, 0.3) is 5.92 Å². The smallest absolute Gasteiger partial charge is 0.273 e. The minimum atomic E-state index is -4.15. The van der Waals surface area contributed by atoms with Gasteiger partial charge in [-0.15, -0.1) is 0 Å². The first-order valence-corrected chi connectivity index (χ1v) is 6.98. The molecule has 18 heavy (non-hydrogen) atoms. The van der Waals surface area contributed by atoms with E-state index >= 15 is 0 Å². The maximum absolute atomic E-state index is 12.8. The molecule has 9 heteroatoms. The molecular weight excluding hydrogens is 337 g/mol. The van der Waals surface area contributed by atoms with Crippen LogP contribution in [0.15, 0.2) is 27.6 Å². The SMILES string of the molecule is NCC(F)(F)CNS(=O)(=O)c1ccc(F)cc1Br. The van der Waals surface area contributed by atoms with Gasteiger partial charge < -0.3 is 5.73 Å². The van der Waals surface area contributed by atoms with Crippen molar-refractivity contribution in [3.8, 4) is 0 Å². The lowest BCUT2D eigenvalue weighted by atomic mass is 10.3. The van der Waals surface area contributed by atoms with E-state index in [1.165, 1.54) is 0 Å². The first-order chi connectivity index (χ1) is 8.18. The van der Waals surface area contributed by atoms with Crippen LogP contribution >= 0.6 is 15.9 Å². The first kappa shape index (κ1) is 15.4. The minimum absolute atomic E-state index is 0.0499. The summed E-state index contributed by atoms with van der Waals surface area (Å²) >= 11 is 2.85. The third kappa shape index (κ3) is 3.94. The van der Waals surface area contributed by atoms with Crippen LogP contribution in [0.1, 0.15) is 0 Å². The standard InChI is InChI=1S/C9H10BrF3N2O2S/c10-7-3-6(11)1-2-8(7)18(16,17)15-5-9(12,13)4-14/h1-3,15H,4-5,14H2. The third-order valence-corrected chi connectivity index (χ3v) is 4.38. The van der Waals surface area contributed by atoms with E-state index in [0.29, 0.717) is 0 Å². The zero-order valence-electron chi connectivity index (χ0n) is 8.96. The zero-order chi connectivity index (χ0) is 14.0. The van der Waals surface area contributed by atoms with Crippen LogP contribution in [0.2, 0.25) is 0 Å². The molecule has 0 aliphatic rings. The molecule has 0 amide bonds. The largest absolute Gasteiger partial charge is 0.325 e. The Hall–Kier alpha value is -0.640. The summed E-state index contributed by atoms with van der Waals surface area (Å²) in [5, 5.41) is 0. The Morgan fingerprint density at radius 1 is 1.39 bits per heavy atom. The van der Waals surface area contributed by atoms with Gasteiger partial charge >= 0.3 is 0 Å². The molecule has 4 nitrogen and oxygen atoms in total. The van der Waals surface area contributed by atoms with Gasteiger partial charge in [0.05, 0.1) is 18.0 Å². The molecule has 102 valence electrons. The van der Waals surface area contributed by atoms with Crippen LogP contribution in [0, 0.1) is 5.82 Å². The van der Waals surface area contributed by atoms with Crippen LogP contribution in [0.4, 0.5) is 13.2 Å². The van der Waals surface area contributed by atoms with E-state index in [-0.39, 0.29) is 9.37 Å². The molecule has 0 fully saturated rings. The molecule has 1 aromatic rings. The van der Waals surface area contributed by atoms with Crippen LogP contribution in [-0.2, 0) is 10.0 Å². The summed E-state index contributed by atoms with van der Waals surface area (Å²) in [6.07, 6.45) is 0. The number of rotatable bonds is 5. The molecule has 0 bridgehead atoms. The van der Waals surface area contributed by atoms with Crippen LogP contribution < -0.4 is 10.5 Å². The molecule has 1 rings (SSSR count). The average molecular weight is 347 g/mol. The Kier molecular flexibility index (Phi) is 4.76. The van der Waals surface area contributed by atoms with Crippen molar-refractivity contribution in [1.29, 1.82) is 0 Å². The average Bonchev–Trinajstić information content (AvgIpc) is 2.26. The Bertz CT molecular complexity index is 537. The highest BCUT2D eigenvalue weighted by Gasteiger charge is 2.30. The van der Waals surface area contributed by atoms with Gasteiger partial charge in [-0.3, -0.25) is 0 Å². The Morgan fingerprint density at radius 3 is 2.50 bits per heavy atom. The van der Waals surface area contributed by atoms with Crippen molar-refractivity contribution in [3.63, 3.8) is 0 Å². The van der Waals surface area contributed by atoms with Crippen LogP contribution in [0.3, 0.4) is 0 Å². The molecule has 0 saturated carbocycles. The van der Waals surface area contributed by atoms with E-state index in [1.54, 1.807) is 4.72 Å². The number of hydrogen-bond acceptors (Lipinski definition) is 3. The van der Waals surface area contributed by atoms with Crippen molar-refractivity contribution in [3.05, 3.63) is 28.5 Å². The first-order valence-electron chi connectivity index (χ1n) is 4.70. The molecule has 0 aliphatic carbocycles. The second-order valence-corrected chi connectivity index (χ2v) is 6.05. The summed E-state index contributed by atoms with van der Waals surface area (Å²) in [4.78, 5) is -0.322. The van der Waals surface area contributed by atoms with Gasteiger partial charge in [-0.25, -0.2) is 26.3 Å². The molecule has 0 spiro atoms. The number of alkyl halides is 2. The quantitative estimate of drug-likeness (QED) is 0.847. The van der Waals surface area contributed by atoms with Gasteiger partial charge in [-0.1, -0.05) is 0 Å². The number of hydrogen-bond donors (Lipinski definition) is 2. The van der Waals surface area contributed by atoms with Crippen molar-refractivity contribution < 1.29 is 21.6 Å². The predicted octanol–water partition coefficient (Wildman–Crippen LogP) is 1.46. The van der Waals surface area contributed by atoms with Gasteiger partial charge in [0, 0.05) is 4.47 Å². The summed E-state index contributed by atoms with van der Waals surface area (Å²) in [7, 11) is -4.15. The monoisotopic (exact) mass is 346 g/mol. The normalized spacial score (nSPS) is 12.7. The van der Waals surface area contributed by atoms with Gasteiger partial charge in [-0.05, 0) is 34.1 Å². The molecule has 1 aromatic carbocycles. The van der Waals surface area contributed by atoms with Crippen molar-refractivity contribution >= 4 is 26.0 Å². The Morgan fingerprint density at radius 2 is 2.00 bits per heavy atom. The topological polar surface area (TPSA) is 72.2 Å². The Balaban J connectivity index is 2.94. The highest BCUT2D eigenvalue weighted by molar-refractivity contribution is 9.10. The lowest BCUT2D eigenvalue weighted by Crippen LogP contribution is -2.41. The second kappa shape index (κ2) is 5.55. The molecular formula is C9H10BrF3N2O2S. The lowest BCUT2D eigenvalue weighted by Gasteiger charge is -2.15. The van der Waals surface area contributed by atoms with Crippen molar-refractivity contribution in [2.24, 2.45) is 5.73 Å². The second-order valence-electron chi connectivity index (χ2n) is 3.46. The zero-order valence-corrected chi connectivity index (χ0v) is 11.4. The molecule has 0 unspecified atom stereocenters. The van der Waals surface area contributed by atoms with Gasteiger partial charge in [-0.2, -0.15) is 0 Å². The molecule has 0 aromatic heterocycles. The number of benzene rings is 1. The summed E-state index contributed by atoms with van der Waals surface area (Å²) < 4.78 is 63.5. The summed E-state index contributed by atoms with van der Waals surface area (Å²) in [6, 6.07) is 2.82. The van der Waals surface area contributed by atoms with Crippen molar-refractivity contribution in [1.82, 2.24) is 4.72 Å². The van der Waals surface area contributed by atoms with Gasteiger partial charge in [0.15, 0.2) is 0 Å². The maximum atomic E-state index is 12.8. The third-order valence-electron chi connectivity index (χ3n) is 2.00. The maximum Gasteiger partial charge on any atom is 0.273 e. The minimum Gasteiger partial charge on any atom is -0.325 e. The summed E-state index contributed by atoms with van der Waals surface area (Å²) in [6.45, 7) is -2.09. The highest BCUT2D eigenvalue weighted by atomic mass is 79.9. The van der Waals surface area contributed by atoms with Crippen molar-refractivity contribution in [2.75, 3.05) is 13.1 Å². The van der Waals surface area contributed by atoms with E-state index in [4.69, 9.17) is 5.73 Å². The van der Waals surface area contributed by atoms with E-state index in [1.807, 2.05) is 0 Å². The molecule has 0 radical (unpaired) electrons. The molecule has 0 saturated heterocycles. The predicted molar refractivity (Wildman–Crippen MR) is 63.3 cm³/mol. The number of sulfonamides is 1. The van der Waals surface area contributed by atoms with Gasteiger partial charge in [0.2, 0.25) is 10.0 Å². The lowest BCUT2D eigenvalue weighted by molar-refractivity contribution is 0.0170. The van der Waals surface area contributed by atoms with Crippen molar-refractivity contribution in [2.45, 2.75) is 10.8 Å². The fraction of sp³-hybridized carbons (Fsp3) is 0.333. The summed E-state index contributed by atoms with van der Waals surface area (Å²) in [5.74, 6) is -3.98. The molecule has 0 heterocycles. The summed E-state index contributed by atoms with van der Waals surface area (Å²) in [5.41, 5.74) is 4.78. The molecule has 0 aliphatic heterocycles. The van der Waals surface area contributed by atoms with Crippen LogP contribution in [-0.4, -0.2) is 27.4 Å².